The van der Waals surface area contributed by atoms with E-state index in [0.717, 1.165) is 35.6 Å². The van der Waals surface area contributed by atoms with Gasteiger partial charge in [-0.1, -0.05) is 38.0 Å². The molecule has 0 amide bonds. The van der Waals surface area contributed by atoms with Crippen LogP contribution in [-0.2, 0) is 0 Å². The maximum absolute atomic E-state index is 10.1. The molecule has 19 heavy (non-hydrogen) atoms. The maximum Gasteiger partial charge on any atom is 0.116 e. The van der Waals surface area contributed by atoms with E-state index < -0.39 is 6.10 Å². The summed E-state index contributed by atoms with van der Waals surface area (Å²) in [6, 6.07) is 10.7. The minimum Gasteiger partial charge on any atom is -0.508 e. The second kappa shape index (κ2) is 6.04. The van der Waals surface area contributed by atoms with Crippen molar-refractivity contribution in [3.63, 3.8) is 0 Å². The van der Waals surface area contributed by atoms with Gasteiger partial charge in [-0.2, -0.15) is 0 Å². The van der Waals surface area contributed by atoms with Crippen molar-refractivity contribution in [2.75, 3.05) is 0 Å². The second-order valence-corrected chi connectivity index (χ2v) is 5.03. The Kier molecular flexibility index (Phi) is 4.40. The Labute approximate surface area is 113 Å². The lowest BCUT2D eigenvalue weighted by molar-refractivity contribution is 0.132. The standard InChI is InChI=1S/C16H21NO2/c1-2-3-4-15(19)16(17)13-6-5-12-10-14(18)8-7-11(12)9-13/h5-10,15-16,18-19H,2-4,17H2,1H3/t15-,16+/m0/s1. The number of benzene rings is 2. The number of phenols is 1. The molecule has 0 fully saturated rings. The molecule has 0 aliphatic heterocycles. The molecule has 0 aliphatic carbocycles. The summed E-state index contributed by atoms with van der Waals surface area (Å²) in [5, 5.41) is 21.5. The fourth-order valence-corrected chi connectivity index (χ4v) is 2.27. The van der Waals surface area contributed by atoms with Gasteiger partial charge in [-0.15, -0.1) is 0 Å². The number of rotatable bonds is 5. The van der Waals surface area contributed by atoms with E-state index in [4.69, 9.17) is 5.73 Å². The van der Waals surface area contributed by atoms with E-state index in [9.17, 15) is 10.2 Å². The number of hydrogen-bond acceptors (Lipinski definition) is 3. The number of nitrogens with two attached hydrogens (primary N) is 1. The van der Waals surface area contributed by atoms with Crippen molar-refractivity contribution in [2.45, 2.75) is 38.3 Å². The van der Waals surface area contributed by atoms with Crippen LogP contribution >= 0.6 is 0 Å². The number of aliphatic hydroxyl groups is 1. The summed E-state index contributed by atoms with van der Waals surface area (Å²) in [6.45, 7) is 2.10. The predicted molar refractivity (Wildman–Crippen MR) is 78.1 cm³/mol. The molecule has 0 radical (unpaired) electrons. The van der Waals surface area contributed by atoms with Gasteiger partial charge >= 0.3 is 0 Å². The van der Waals surface area contributed by atoms with Crippen molar-refractivity contribution in [2.24, 2.45) is 5.73 Å². The van der Waals surface area contributed by atoms with Crippen LogP contribution in [-0.4, -0.2) is 16.3 Å². The Balaban J connectivity index is 2.22. The van der Waals surface area contributed by atoms with Crippen LogP contribution in [0.1, 0.15) is 37.8 Å². The summed E-state index contributed by atoms with van der Waals surface area (Å²) in [5.41, 5.74) is 7.03. The summed E-state index contributed by atoms with van der Waals surface area (Å²) in [6.07, 6.45) is 2.26. The molecule has 2 atom stereocenters. The number of aliphatic hydroxyl groups excluding tert-OH is 1. The fourth-order valence-electron chi connectivity index (χ4n) is 2.27. The molecule has 4 N–H and O–H groups in total. The second-order valence-electron chi connectivity index (χ2n) is 5.03. The molecule has 2 aromatic carbocycles. The number of fused-ring (bicyclic) bond motifs is 1. The van der Waals surface area contributed by atoms with Crippen molar-refractivity contribution >= 4 is 10.8 Å². The van der Waals surface area contributed by atoms with Gasteiger partial charge in [-0.05, 0) is 41.0 Å². The topological polar surface area (TPSA) is 66.5 Å². The molecule has 0 heterocycles. The van der Waals surface area contributed by atoms with Crippen LogP contribution in [0.3, 0.4) is 0 Å². The first kappa shape index (κ1) is 13.8. The number of unbranched alkanes of at least 4 members (excludes halogenated alkanes) is 1. The highest BCUT2D eigenvalue weighted by Crippen LogP contribution is 2.25. The summed E-state index contributed by atoms with van der Waals surface area (Å²) in [4.78, 5) is 0. The van der Waals surface area contributed by atoms with E-state index >= 15 is 0 Å². The smallest absolute Gasteiger partial charge is 0.116 e. The quantitative estimate of drug-likeness (QED) is 0.773. The lowest BCUT2D eigenvalue weighted by Crippen LogP contribution is -2.26. The van der Waals surface area contributed by atoms with Gasteiger partial charge in [0.2, 0.25) is 0 Å². The SMILES string of the molecule is CCCC[C@H](O)[C@H](N)c1ccc2cc(O)ccc2c1. The van der Waals surface area contributed by atoms with Crippen LogP contribution in [0.25, 0.3) is 10.8 Å². The molecule has 0 saturated carbocycles. The Morgan fingerprint density at radius 2 is 1.79 bits per heavy atom. The monoisotopic (exact) mass is 259 g/mol. The van der Waals surface area contributed by atoms with Crippen molar-refractivity contribution in [3.05, 3.63) is 42.0 Å². The Hall–Kier alpha value is -1.58. The van der Waals surface area contributed by atoms with Gasteiger partial charge in [-0.25, -0.2) is 0 Å². The molecule has 0 aliphatic rings. The zero-order valence-corrected chi connectivity index (χ0v) is 11.2. The summed E-state index contributed by atoms with van der Waals surface area (Å²) >= 11 is 0. The van der Waals surface area contributed by atoms with Gasteiger partial charge in [0.25, 0.3) is 0 Å². The molecule has 0 spiro atoms. The van der Waals surface area contributed by atoms with Crippen LogP contribution in [0.4, 0.5) is 0 Å². The van der Waals surface area contributed by atoms with Crippen molar-refractivity contribution in [1.29, 1.82) is 0 Å². The molecule has 3 nitrogen and oxygen atoms in total. The highest BCUT2D eigenvalue weighted by atomic mass is 16.3. The molecule has 0 bridgehead atoms. The third-order valence-electron chi connectivity index (χ3n) is 3.50. The van der Waals surface area contributed by atoms with Crippen molar-refractivity contribution in [1.82, 2.24) is 0 Å². The van der Waals surface area contributed by atoms with Gasteiger partial charge < -0.3 is 15.9 Å². The highest BCUT2D eigenvalue weighted by molar-refractivity contribution is 5.84. The Morgan fingerprint density at radius 1 is 1.11 bits per heavy atom. The first-order valence-electron chi connectivity index (χ1n) is 6.78. The number of phenolic OH excluding ortho intramolecular Hbond substituents is 1. The van der Waals surface area contributed by atoms with E-state index in [2.05, 4.69) is 6.92 Å². The van der Waals surface area contributed by atoms with Gasteiger partial charge in [0.05, 0.1) is 12.1 Å². The first-order chi connectivity index (χ1) is 9.11. The molecule has 3 heteroatoms. The van der Waals surface area contributed by atoms with Crippen LogP contribution < -0.4 is 5.73 Å². The molecule has 2 aromatic rings. The fraction of sp³-hybridized carbons (Fsp3) is 0.375. The molecule has 0 aromatic heterocycles. The highest BCUT2D eigenvalue weighted by Gasteiger charge is 2.16. The van der Waals surface area contributed by atoms with Crippen LogP contribution in [0, 0.1) is 0 Å². The maximum atomic E-state index is 10.1. The van der Waals surface area contributed by atoms with Crippen molar-refractivity contribution < 1.29 is 10.2 Å². The summed E-state index contributed by atoms with van der Waals surface area (Å²) < 4.78 is 0. The van der Waals surface area contributed by atoms with Crippen LogP contribution in [0.15, 0.2) is 36.4 Å². The molecule has 0 saturated heterocycles. The lowest BCUT2D eigenvalue weighted by Gasteiger charge is -2.19. The zero-order valence-electron chi connectivity index (χ0n) is 11.2. The van der Waals surface area contributed by atoms with E-state index in [1.807, 2.05) is 24.3 Å². The Morgan fingerprint density at radius 3 is 2.53 bits per heavy atom. The summed E-state index contributed by atoms with van der Waals surface area (Å²) in [7, 11) is 0. The van der Waals surface area contributed by atoms with E-state index in [1.54, 1.807) is 12.1 Å². The lowest BCUT2D eigenvalue weighted by atomic mass is 9.96. The first-order valence-corrected chi connectivity index (χ1v) is 6.78. The van der Waals surface area contributed by atoms with Gasteiger partial charge in [0.15, 0.2) is 0 Å². The molecular formula is C16H21NO2. The zero-order chi connectivity index (χ0) is 13.8. The third-order valence-corrected chi connectivity index (χ3v) is 3.50. The van der Waals surface area contributed by atoms with Gasteiger partial charge in [0.1, 0.15) is 5.75 Å². The van der Waals surface area contributed by atoms with Crippen LogP contribution in [0.5, 0.6) is 5.75 Å². The minimum absolute atomic E-state index is 0.257. The third kappa shape index (κ3) is 3.25. The average molecular weight is 259 g/mol. The minimum atomic E-state index is -0.505. The summed E-state index contributed by atoms with van der Waals surface area (Å²) in [5.74, 6) is 0.257. The molecular weight excluding hydrogens is 238 g/mol. The van der Waals surface area contributed by atoms with E-state index in [0.29, 0.717) is 0 Å². The number of aromatic hydroxyl groups is 1. The van der Waals surface area contributed by atoms with Crippen molar-refractivity contribution in [3.8, 4) is 5.75 Å². The Bertz CT molecular complexity index is 553. The average Bonchev–Trinajstić information content (AvgIpc) is 2.43. The number of hydrogen-bond donors (Lipinski definition) is 3. The van der Waals surface area contributed by atoms with E-state index in [-0.39, 0.29) is 11.8 Å². The largest absolute Gasteiger partial charge is 0.508 e. The van der Waals surface area contributed by atoms with Gasteiger partial charge in [-0.3, -0.25) is 0 Å². The normalized spacial score (nSPS) is 14.5. The molecule has 102 valence electrons. The van der Waals surface area contributed by atoms with Gasteiger partial charge in [0, 0.05) is 0 Å². The van der Waals surface area contributed by atoms with E-state index in [1.165, 1.54) is 0 Å². The van der Waals surface area contributed by atoms with Crippen LogP contribution in [0.2, 0.25) is 0 Å². The molecule has 2 rings (SSSR count). The molecule has 0 unspecified atom stereocenters. The predicted octanol–water partition coefficient (Wildman–Crippen LogP) is 3.10.